The summed E-state index contributed by atoms with van der Waals surface area (Å²) in [5.74, 6) is 1.90. The standard InChI is InChI=1S/C19H26ClN5O3S/c1-3-25-18(24-9-11-27-12-10-24)21-22-19(25)29-14-17(26)23(2)8-13-28-16-6-4-15(20)5-7-16/h4-7H,3,8-14H2,1-2H3. The average Bonchev–Trinajstić information content (AvgIpc) is 3.17. The summed E-state index contributed by atoms with van der Waals surface area (Å²) >= 11 is 7.27. The molecule has 1 aliphatic rings. The van der Waals surface area contributed by atoms with Gasteiger partial charge >= 0.3 is 0 Å². The topological polar surface area (TPSA) is 72.7 Å². The third kappa shape index (κ3) is 6.01. The maximum atomic E-state index is 12.5. The molecular weight excluding hydrogens is 414 g/mol. The van der Waals surface area contributed by atoms with E-state index in [4.69, 9.17) is 21.1 Å². The molecule has 1 saturated heterocycles. The zero-order chi connectivity index (χ0) is 20.6. The number of morpholine rings is 1. The Kier molecular flexibility index (Phi) is 8.02. The van der Waals surface area contributed by atoms with E-state index in [0.29, 0.717) is 37.1 Å². The molecule has 1 aromatic heterocycles. The molecule has 0 unspecified atom stereocenters. The lowest BCUT2D eigenvalue weighted by atomic mass is 10.3. The molecule has 3 rings (SSSR count). The van der Waals surface area contributed by atoms with Crippen LogP contribution in [0.15, 0.2) is 29.4 Å². The quantitative estimate of drug-likeness (QED) is 0.555. The molecule has 0 radical (unpaired) electrons. The highest BCUT2D eigenvalue weighted by Crippen LogP contribution is 2.23. The van der Waals surface area contributed by atoms with E-state index in [9.17, 15) is 4.79 Å². The van der Waals surface area contributed by atoms with Crippen molar-refractivity contribution >= 4 is 35.2 Å². The Hall–Kier alpha value is -1.97. The molecule has 0 spiro atoms. The van der Waals surface area contributed by atoms with Gasteiger partial charge in [-0.3, -0.25) is 9.36 Å². The highest BCUT2D eigenvalue weighted by molar-refractivity contribution is 7.99. The Morgan fingerprint density at radius 2 is 2.00 bits per heavy atom. The average molecular weight is 440 g/mol. The Morgan fingerprint density at radius 1 is 1.28 bits per heavy atom. The number of anilines is 1. The lowest BCUT2D eigenvalue weighted by Gasteiger charge is -2.27. The molecule has 29 heavy (non-hydrogen) atoms. The zero-order valence-corrected chi connectivity index (χ0v) is 18.3. The minimum Gasteiger partial charge on any atom is -0.492 e. The van der Waals surface area contributed by atoms with Gasteiger partial charge in [0.05, 0.1) is 25.5 Å². The number of carbonyl (C=O) groups excluding carboxylic acids is 1. The first-order chi connectivity index (χ1) is 14.1. The summed E-state index contributed by atoms with van der Waals surface area (Å²) in [6.07, 6.45) is 0. The fourth-order valence-electron chi connectivity index (χ4n) is 2.85. The number of carbonyl (C=O) groups is 1. The second kappa shape index (κ2) is 10.7. The molecule has 1 fully saturated rings. The fourth-order valence-corrected chi connectivity index (χ4v) is 3.92. The van der Waals surface area contributed by atoms with E-state index in [1.165, 1.54) is 11.8 Å². The van der Waals surface area contributed by atoms with Crippen LogP contribution in [0.5, 0.6) is 5.75 Å². The van der Waals surface area contributed by atoms with Gasteiger partial charge in [-0.25, -0.2) is 0 Å². The number of ether oxygens (including phenoxy) is 2. The van der Waals surface area contributed by atoms with Crippen molar-refractivity contribution < 1.29 is 14.3 Å². The van der Waals surface area contributed by atoms with Gasteiger partial charge in [0.1, 0.15) is 12.4 Å². The molecule has 8 nitrogen and oxygen atoms in total. The highest BCUT2D eigenvalue weighted by Gasteiger charge is 2.20. The molecule has 0 bridgehead atoms. The predicted octanol–water partition coefficient (Wildman–Crippen LogP) is 2.42. The molecule has 2 aromatic rings. The number of hydrogen-bond acceptors (Lipinski definition) is 7. The van der Waals surface area contributed by atoms with Crippen LogP contribution >= 0.6 is 23.4 Å². The van der Waals surface area contributed by atoms with E-state index in [2.05, 4.69) is 22.0 Å². The van der Waals surface area contributed by atoms with Crippen molar-refractivity contribution in [3.8, 4) is 5.75 Å². The number of rotatable bonds is 9. The molecule has 1 aromatic carbocycles. The van der Waals surface area contributed by atoms with Gasteiger partial charge in [-0.2, -0.15) is 0 Å². The molecule has 158 valence electrons. The van der Waals surface area contributed by atoms with Gasteiger partial charge in [0.2, 0.25) is 11.9 Å². The maximum absolute atomic E-state index is 12.5. The summed E-state index contributed by atoms with van der Waals surface area (Å²) in [7, 11) is 1.78. The van der Waals surface area contributed by atoms with Crippen LogP contribution in [-0.2, 0) is 16.1 Å². The number of halogens is 1. The van der Waals surface area contributed by atoms with Gasteiger partial charge < -0.3 is 19.3 Å². The van der Waals surface area contributed by atoms with Crippen molar-refractivity contribution in [1.82, 2.24) is 19.7 Å². The number of aromatic nitrogens is 3. The molecule has 10 heteroatoms. The number of likely N-dealkylation sites (N-methyl/N-ethyl adjacent to an activating group) is 1. The smallest absolute Gasteiger partial charge is 0.232 e. The van der Waals surface area contributed by atoms with E-state index < -0.39 is 0 Å². The zero-order valence-electron chi connectivity index (χ0n) is 16.7. The molecule has 1 amide bonds. The van der Waals surface area contributed by atoms with Crippen molar-refractivity contribution in [1.29, 1.82) is 0 Å². The SMILES string of the molecule is CCn1c(SCC(=O)N(C)CCOc2ccc(Cl)cc2)nnc1N1CCOCC1. The van der Waals surface area contributed by atoms with Crippen molar-refractivity contribution in [3.63, 3.8) is 0 Å². The summed E-state index contributed by atoms with van der Waals surface area (Å²) in [6.45, 7) is 6.72. The molecular formula is C19H26ClN5O3S. The Balaban J connectivity index is 1.46. The van der Waals surface area contributed by atoms with Crippen LogP contribution in [0.2, 0.25) is 5.02 Å². The predicted molar refractivity (Wildman–Crippen MR) is 114 cm³/mol. The lowest BCUT2D eigenvalue weighted by molar-refractivity contribution is -0.127. The monoisotopic (exact) mass is 439 g/mol. The first-order valence-corrected chi connectivity index (χ1v) is 11.0. The molecule has 0 aliphatic carbocycles. The summed E-state index contributed by atoms with van der Waals surface area (Å²) in [5, 5.41) is 10.0. The van der Waals surface area contributed by atoms with Crippen LogP contribution in [0.1, 0.15) is 6.92 Å². The van der Waals surface area contributed by atoms with Gasteiger partial charge in [0.25, 0.3) is 0 Å². The van der Waals surface area contributed by atoms with Crippen molar-refractivity contribution in [2.24, 2.45) is 0 Å². The van der Waals surface area contributed by atoms with Crippen molar-refractivity contribution in [2.75, 3.05) is 57.2 Å². The van der Waals surface area contributed by atoms with E-state index >= 15 is 0 Å². The molecule has 0 atom stereocenters. The van der Waals surface area contributed by atoms with Gasteiger partial charge in [-0.05, 0) is 31.2 Å². The second-order valence-corrected chi connectivity index (χ2v) is 7.91. The summed E-state index contributed by atoms with van der Waals surface area (Å²) < 4.78 is 13.1. The number of amides is 1. The van der Waals surface area contributed by atoms with Gasteiger partial charge in [-0.1, -0.05) is 23.4 Å². The first-order valence-electron chi connectivity index (χ1n) is 9.59. The number of benzene rings is 1. The van der Waals surface area contributed by atoms with E-state index in [1.54, 1.807) is 24.1 Å². The molecule has 0 saturated carbocycles. The van der Waals surface area contributed by atoms with Crippen molar-refractivity contribution in [3.05, 3.63) is 29.3 Å². The third-order valence-electron chi connectivity index (χ3n) is 4.57. The first kappa shape index (κ1) is 21.7. The second-order valence-electron chi connectivity index (χ2n) is 6.53. The van der Waals surface area contributed by atoms with Crippen LogP contribution in [-0.4, -0.2) is 77.8 Å². The van der Waals surface area contributed by atoms with Gasteiger partial charge in [-0.15, -0.1) is 10.2 Å². The minimum atomic E-state index is 0.0216. The fraction of sp³-hybridized carbons (Fsp3) is 0.526. The highest BCUT2D eigenvalue weighted by atomic mass is 35.5. The van der Waals surface area contributed by atoms with Crippen LogP contribution in [0.4, 0.5) is 5.95 Å². The van der Waals surface area contributed by atoms with Crippen LogP contribution in [0.3, 0.4) is 0 Å². The Morgan fingerprint density at radius 3 is 2.69 bits per heavy atom. The number of nitrogens with zero attached hydrogens (tertiary/aromatic N) is 5. The maximum Gasteiger partial charge on any atom is 0.232 e. The Bertz CT molecular complexity index is 796. The molecule has 0 N–H and O–H groups in total. The Labute approximate surface area is 180 Å². The van der Waals surface area contributed by atoms with Crippen LogP contribution in [0.25, 0.3) is 0 Å². The number of thioether (sulfide) groups is 1. The van der Waals surface area contributed by atoms with Crippen LogP contribution in [0, 0.1) is 0 Å². The normalized spacial score (nSPS) is 14.1. The van der Waals surface area contributed by atoms with E-state index in [1.807, 2.05) is 16.7 Å². The largest absolute Gasteiger partial charge is 0.492 e. The lowest BCUT2D eigenvalue weighted by Crippen LogP contribution is -2.38. The van der Waals surface area contributed by atoms with E-state index in [-0.39, 0.29) is 5.91 Å². The van der Waals surface area contributed by atoms with E-state index in [0.717, 1.165) is 36.5 Å². The van der Waals surface area contributed by atoms with Gasteiger partial charge in [0.15, 0.2) is 5.16 Å². The van der Waals surface area contributed by atoms with Crippen molar-refractivity contribution in [2.45, 2.75) is 18.6 Å². The number of hydrogen-bond donors (Lipinski definition) is 0. The summed E-state index contributed by atoms with van der Waals surface area (Å²) in [5.41, 5.74) is 0. The summed E-state index contributed by atoms with van der Waals surface area (Å²) in [4.78, 5) is 16.3. The van der Waals surface area contributed by atoms with Gasteiger partial charge in [0, 0.05) is 31.7 Å². The molecule has 2 heterocycles. The molecule has 1 aliphatic heterocycles. The summed E-state index contributed by atoms with van der Waals surface area (Å²) in [6, 6.07) is 7.17. The van der Waals surface area contributed by atoms with Crippen LogP contribution < -0.4 is 9.64 Å². The minimum absolute atomic E-state index is 0.0216. The third-order valence-corrected chi connectivity index (χ3v) is 5.77.